The van der Waals surface area contributed by atoms with Crippen molar-refractivity contribution in [3.8, 4) is 11.1 Å². The van der Waals surface area contributed by atoms with Gasteiger partial charge in [-0.05, 0) is 55.1 Å². The molecule has 4 heteroatoms. The van der Waals surface area contributed by atoms with Crippen LogP contribution in [-0.4, -0.2) is 28.6 Å². The molecular formula is C24H25NO2S. The highest BCUT2D eigenvalue weighted by Crippen LogP contribution is 2.38. The zero-order chi connectivity index (χ0) is 19.5. The predicted octanol–water partition coefficient (Wildman–Crippen LogP) is 5.75. The molecule has 1 N–H and O–H groups in total. The topological polar surface area (TPSA) is 40.5 Å². The van der Waals surface area contributed by atoms with Crippen LogP contribution in [0.25, 0.3) is 11.1 Å². The highest BCUT2D eigenvalue weighted by atomic mass is 32.1. The van der Waals surface area contributed by atoms with E-state index >= 15 is 0 Å². The Balaban J connectivity index is 1.72. The lowest BCUT2D eigenvalue weighted by Crippen LogP contribution is -2.46. The Labute approximate surface area is 170 Å². The predicted molar refractivity (Wildman–Crippen MR) is 115 cm³/mol. The number of likely N-dealkylation sites (tertiary alicyclic amines) is 1. The molecule has 2 heterocycles. The van der Waals surface area contributed by atoms with Crippen LogP contribution in [0.15, 0.2) is 66.7 Å². The maximum absolute atomic E-state index is 11.9. The minimum Gasteiger partial charge on any atom is -0.480 e. The van der Waals surface area contributed by atoms with Crippen LogP contribution >= 0.6 is 11.3 Å². The summed E-state index contributed by atoms with van der Waals surface area (Å²) >= 11 is 1.76. The number of aryl methyl sites for hydroxylation is 1. The van der Waals surface area contributed by atoms with Crippen LogP contribution in [-0.2, 0) is 4.79 Å². The van der Waals surface area contributed by atoms with Crippen LogP contribution < -0.4 is 0 Å². The number of nitrogens with zero attached hydrogens (tertiary/aromatic N) is 1. The van der Waals surface area contributed by atoms with Crippen molar-refractivity contribution in [3.63, 3.8) is 0 Å². The first kappa shape index (κ1) is 18.9. The molecule has 2 unspecified atom stereocenters. The lowest BCUT2D eigenvalue weighted by molar-refractivity contribution is -0.145. The number of carboxylic acids is 1. The number of hydrogen-bond acceptors (Lipinski definition) is 3. The van der Waals surface area contributed by atoms with Crippen molar-refractivity contribution in [2.45, 2.75) is 38.3 Å². The van der Waals surface area contributed by atoms with E-state index in [9.17, 15) is 9.90 Å². The smallest absolute Gasteiger partial charge is 0.320 e. The quantitative estimate of drug-likeness (QED) is 0.602. The fraction of sp³-hybridized carbons (Fsp3) is 0.292. The van der Waals surface area contributed by atoms with Crippen LogP contribution in [0.2, 0.25) is 0 Å². The van der Waals surface area contributed by atoms with Gasteiger partial charge in [-0.2, -0.15) is 0 Å². The standard InChI is InChI=1S/C24H25NO2S/c1-17-10-15-22(28-17)23(25-16-6-5-9-21(25)24(26)27)20-13-11-19(12-14-20)18-7-3-2-4-8-18/h2-4,7-8,10-15,21,23H,5-6,9,16H2,1H3,(H,26,27). The van der Waals surface area contributed by atoms with Gasteiger partial charge in [0.2, 0.25) is 0 Å². The molecule has 1 aliphatic heterocycles. The Kier molecular flexibility index (Phi) is 5.60. The Bertz CT molecular complexity index is 933. The van der Waals surface area contributed by atoms with Crippen molar-refractivity contribution in [3.05, 3.63) is 82.0 Å². The minimum atomic E-state index is -0.709. The van der Waals surface area contributed by atoms with Gasteiger partial charge in [0.05, 0.1) is 6.04 Å². The van der Waals surface area contributed by atoms with Crippen LogP contribution in [0.3, 0.4) is 0 Å². The summed E-state index contributed by atoms with van der Waals surface area (Å²) < 4.78 is 0. The molecule has 1 saturated heterocycles. The van der Waals surface area contributed by atoms with E-state index < -0.39 is 12.0 Å². The van der Waals surface area contributed by atoms with E-state index in [-0.39, 0.29) is 6.04 Å². The van der Waals surface area contributed by atoms with Gasteiger partial charge in [-0.25, -0.2) is 0 Å². The zero-order valence-electron chi connectivity index (χ0n) is 16.0. The molecule has 1 fully saturated rings. The molecule has 1 aliphatic rings. The number of hydrogen-bond donors (Lipinski definition) is 1. The lowest BCUT2D eigenvalue weighted by atomic mass is 9.94. The van der Waals surface area contributed by atoms with Gasteiger partial charge >= 0.3 is 5.97 Å². The van der Waals surface area contributed by atoms with Gasteiger partial charge in [-0.15, -0.1) is 11.3 Å². The van der Waals surface area contributed by atoms with E-state index in [0.717, 1.165) is 31.4 Å². The second-order valence-electron chi connectivity index (χ2n) is 7.43. The molecule has 28 heavy (non-hydrogen) atoms. The number of aliphatic carboxylic acids is 1. The third kappa shape index (κ3) is 3.89. The summed E-state index contributed by atoms with van der Waals surface area (Å²) in [5.41, 5.74) is 3.53. The van der Waals surface area contributed by atoms with E-state index in [1.54, 1.807) is 11.3 Å². The summed E-state index contributed by atoms with van der Waals surface area (Å²) in [5.74, 6) is -0.709. The third-order valence-corrected chi connectivity index (χ3v) is 6.58. The number of rotatable bonds is 5. The second-order valence-corrected chi connectivity index (χ2v) is 8.75. The molecule has 0 radical (unpaired) electrons. The maximum Gasteiger partial charge on any atom is 0.320 e. The zero-order valence-corrected chi connectivity index (χ0v) is 16.9. The van der Waals surface area contributed by atoms with Crippen molar-refractivity contribution < 1.29 is 9.90 Å². The molecule has 0 saturated carbocycles. The molecule has 0 aliphatic carbocycles. The van der Waals surface area contributed by atoms with Crippen molar-refractivity contribution >= 4 is 17.3 Å². The Morgan fingerprint density at radius 2 is 1.71 bits per heavy atom. The van der Waals surface area contributed by atoms with Crippen LogP contribution in [0, 0.1) is 6.92 Å². The highest BCUT2D eigenvalue weighted by molar-refractivity contribution is 7.12. The normalized spacial score (nSPS) is 18.7. The number of carbonyl (C=O) groups is 1. The number of thiophene rings is 1. The van der Waals surface area contributed by atoms with Gasteiger partial charge in [-0.1, -0.05) is 61.0 Å². The largest absolute Gasteiger partial charge is 0.480 e. The van der Waals surface area contributed by atoms with Gasteiger partial charge < -0.3 is 5.11 Å². The first-order chi connectivity index (χ1) is 13.6. The number of piperidine rings is 1. The molecule has 0 spiro atoms. The monoisotopic (exact) mass is 391 g/mol. The molecule has 2 atom stereocenters. The molecule has 4 rings (SSSR count). The average Bonchev–Trinajstić information content (AvgIpc) is 3.15. The molecule has 144 valence electrons. The molecule has 0 bridgehead atoms. The molecule has 2 aromatic carbocycles. The Hall–Kier alpha value is -2.43. The van der Waals surface area contributed by atoms with Crippen molar-refractivity contribution in [1.29, 1.82) is 0 Å². The Morgan fingerprint density at radius 1 is 1.00 bits per heavy atom. The van der Waals surface area contributed by atoms with Crippen molar-refractivity contribution in [2.24, 2.45) is 0 Å². The van der Waals surface area contributed by atoms with Gasteiger partial charge in [-0.3, -0.25) is 9.69 Å². The first-order valence-electron chi connectivity index (χ1n) is 9.84. The van der Waals surface area contributed by atoms with Crippen molar-refractivity contribution in [2.75, 3.05) is 6.54 Å². The second kappa shape index (κ2) is 8.29. The maximum atomic E-state index is 11.9. The molecule has 1 aromatic heterocycles. The summed E-state index contributed by atoms with van der Waals surface area (Å²) in [4.78, 5) is 16.6. The SMILES string of the molecule is Cc1ccc(C(c2ccc(-c3ccccc3)cc2)N2CCCCC2C(=O)O)s1. The summed E-state index contributed by atoms with van der Waals surface area (Å²) in [5, 5.41) is 9.81. The fourth-order valence-corrected chi connectivity index (χ4v) is 5.16. The summed E-state index contributed by atoms with van der Waals surface area (Å²) in [6.45, 7) is 2.92. The summed E-state index contributed by atoms with van der Waals surface area (Å²) in [6.07, 6.45) is 2.75. The molecule has 3 nitrogen and oxygen atoms in total. The van der Waals surface area contributed by atoms with E-state index in [1.807, 2.05) is 18.2 Å². The summed E-state index contributed by atoms with van der Waals surface area (Å²) in [7, 11) is 0. The first-order valence-corrected chi connectivity index (χ1v) is 10.7. The number of benzene rings is 2. The van der Waals surface area contributed by atoms with E-state index in [2.05, 4.69) is 60.4 Å². The van der Waals surface area contributed by atoms with Gasteiger partial charge in [0, 0.05) is 9.75 Å². The van der Waals surface area contributed by atoms with Gasteiger partial charge in [0.25, 0.3) is 0 Å². The van der Waals surface area contributed by atoms with E-state index in [0.29, 0.717) is 0 Å². The summed E-state index contributed by atoms with van der Waals surface area (Å²) in [6, 6.07) is 22.8. The molecular weight excluding hydrogens is 366 g/mol. The average molecular weight is 392 g/mol. The van der Waals surface area contributed by atoms with E-state index in [4.69, 9.17) is 0 Å². The van der Waals surface area contributed by atoms with Crippen LogP contribution in [0.4, 0.5) is 0 Å². The van der Waals surface area contributed by atoms with Crippen LogP contribution in [0.5, 0.6) is 0 Å². The minimum absolute atomic E-state index is 0.00933. The molecule has 3 aromatic rings. The lowest BCUT2D eigenvalue weighted by Gasteiger charge is -2.39. The third-order valence-electron chi connectivity index (χ3n) is 5.53. The van der Waals surface area contributed by atoms with Gasteiger partial charge in [0.15, 0.2) is 0 Å². The number of carboxylic acid groups (broad SMARTS) is 1. The fourth-order valence-electron chi connectivity index (χ4n) is 4.14. The van der Waals surface area contributed by atoms with E-state index in [1.165, 1.54) is 20.9 Å². The van der Waals surface area contributed by atoms with Gasteiger partial charge in [0.1, 0.15) is 6.04 Å². The van der Waals surface area contributed by atoms with Crippen LogP contribution in [0.1, 0.15) is 40.6 Å². The Morgan fingerprint density at radius 3 is 2.36 bits per heavy atom. The van der Waals surface area contributed by atoms with Crippen molar-refractivity contribution in [1.82, 2.24) is 4.90 Å². The molecule has 0 amide bonds. The highest BCUT2D eigenvalue weighted by Gasteiger charge is 2.35.